The van der Waals surface area contributed by atoms with E-state index in [9.17, 15) is 9.90 Å². The monoisotopic (exact) mass is 195 g/mol. The number of nitrogens with zero attached hydrogens (tertiary/aromatic N) is 1. The van der Waals surface area contributed by atoms with Gasteiger partial charge in [-0.1, -0.05) is 6.07 Å². The molecule has 0 bridgehead atoms. The normalized spacial score (nSPS) is 17.1. The molecule has 0 fully saturated rings. The first-order chi connectivity index (χ1) is 6.46. The fourth-order valence-corrected chi connectivity index (χ4v) is 1.15. The first-order valence-electron chi connectivity index (χ1n) is 4.32. The molecule has 0 aliphatic carbocycles. The summed E-state index contributed by atoms with van der Waals surface area (Å²) in [7, 11) is 0. The second-order valence-electron chi connectivity index (χ2n) is 3.45. The molecule has 0 aliphatic heterocycles. The molecule has 76 valence electrons. The predicted molar refractivity (Wildman–Crippen MR) is 50.6 cm³/mol. The zero-order valence-corrected chi connectivity index (χ0v) is 8.14. The largest absolute Gasteiger partial charge is 0.481 e. The molecular formula is C10H13NO3. The van der Waals surface area contributed by atoms with Gasteiger partial charge < -0.3 is 10.2 Å². The Morgan fingerprint density at radius 1 is 1.64 bits per heavy atom. The van der Waals surface area contributed by atoms with Crippen molar-refractivity contribution in [3.05, 3.63) is 30.1 Å². The van der Waals surface area contributed by atoms with E-state index in [1.165, 1.54) is 20.0 Å². The molecule has 2 N–H and O–H groups in total. The number of pyridine rings is 1. The van der Waals surface area contributed by atoms with Gasteiger partial charge in [0.2, 0.25) is 0 Å². The van der Waals surface area contributed by atoms with Crippen LogP contribution in [0.25, 0.3) is 0 Å². The van der Waals surface area contributed by atoms with E-state index in [2.05, 4.69) is 4.98 Å². The summed E-state index contributed by atoms with van der Waals surface area (Å²) in [6.45, 7) is 2.94. The Labute approximate surface area is 82.2 Å². The highest BCUT2D eigenvalue weighted by Gasteiger charge is 2.35. The molecular weight excluding hydrogens is 182 g/mol. The third-order valence-electron chi connectivity index (χ3n) is 2.46. The summed E-state index contributed by atoms with van der Waals surface area (Å²) in [4.78, 5) is 14.6. The highest BCUT2D eigenvalue weighted by atomic mass is 16.4. The molecule has 4 nitrogen and oxygen atoms in total. The Bertz CT molecular complexity index is 321. The van der Waals surface area contributed by atoms with Crippen LogP contribution in [0.2, 0.25) is 0 Å². The Morgan fingerprint density at radius 3 is 2.71 bits per heavy atom. The maximum atomic E-state index is 10.7. The zero-order valence-electron chi connectivity index (χ0n) is 8.14. The first kappa shape index (κ1) is 10.7. The van der Waals surface area contributed by atoms with Crippen LogP contribution in [0.3, 0.4) is 0 Å². The fraction of sp³-hybridized carbons (Fsp3) is 0.400. The maximum absolute atomic E-state index is 10.7. The lowest BCUT2D eigenvalue weighted by Crippen LogP contribution is -2.35. The molecule has 0 aliphatic rings. The van der Waals surface area contributed by atoms with Crippen molar-refractivity contribution in [3.8, 4) is 0 Å². The number of carboxylic acid groups (broad SMARTS) is 1. The molecule has 0 spiro atoms. The number of aromatic nitrogens is 1. The summed E-state index contributed by atoms with van der Waals surface area (Å²) < 4.78 is 0. The van der Waals surface area contributed by atoms with Gasteiger partial charge in [-0.15, -0.1) is 0 Å². The molecule has 1 heterocycles. The third-order valence-corrected chi connectivity index (χ3v) is 2.46. The van der Waals surface area contributed by atoms with Gasteiger partial charge in [0.25, 0.3) is 0 Å². The van der Waals surface area contributed by atoms with E-state index in [-0.39, 0.29) is 0 Å². The van der Waals surface area contributed by atoms with Crippen molar-refractivity contribution in [2.24, 2.45) is 5.92 Å². The van der Waals surface area contributed by atoms with E-state index in [4.69, 9.17) is 5.11 Å². The van der Waals surface area contributed by atoms with Crippen LogP contribution in [0.5, 0.6) is 0 Å². The molecule has 0 aromatic carbocycles. The fourth-order valence-electron chi connectivity index (χ4n) is 1.15. The number of hydrogen-bond acceptors (Lipinski definition) is 3. The van der Waals surface area contributed by atoms with Crippen molar-refractivity contribution in [2.45, 2.75) is 19.4 Å². The minimum atomic E-state index is -1.39. The average molecular weight is 195 g/mol. The zero-order chi connectivity index (χ0) is 10.8. The predicted octanol–water partition coefficient (Wildman–Crippen LogP) is 1.01. The van der Waals surface area contributed by atoms with Gasteiger partial charge in [-0.05, 0) is 19.9 Å². The van der Waals surface area contributed by atoms with Gasteiger partial charge in [0, 0.05) is 18.0 Å². The Kier molecular flexibility index (Phi) is 2.86. The summed E-state index contributed by atoms with van der Waals surface area (Å²) in [5, 5.41) is 18.8. The van der Waals surface area contributed by atoms with E-state index in [0.717, 1.165) is 0 Å². The number of carboxylic acids is 1. The van der Waals surface area contributed by atoms with Gasteiger partial charge in [0.15, 0.2) is 0 Å². The standard InChI is InChI=1S/C10H13NO3/c1-7(9(12)13)10(2,14)8-4-3-5-11-6-8/h3-7,14H,1-2H3,(H,12,13). The highest BCUT2D eigenvalue weighted by molar-refractivity contribution is 5.71. The molecule has 1 aromatic rings. The summed E-state index contributed by atoms with van der Waals surface area (Å²) in [6, 6.07) is 3.32. The minimum Gasteiger partial charge on any atom is -0.481 e. The second kappa shape index (κ2) is 3.75. The molecule has 0 saturated heterocycles. The smallest absolute Gasteiger partial charge is 0.309 e. The maximum Gasteiger partial charge on any atom is 0.309 e. The molecule has 0 radical (unpaired) electrons. The Hall–Kier alpha value is -1.42. The second-order valence-corrected chi connectivity index (χ2v) is 3.45. The SMILES string of the molecule is CC(C(=O)O)C(C)(O)c1cccnc1. The van der Waals surface area contributed by atoms with E-state index < -0.39 is 17.5 Å². The Morgan fingerprint density at radius 2 is 2.29 bits per heavy atom. The molecule has 0 saturated carbocycles. The summed E-state index contributed by atoms with van der Waals surface area (Å²) in [5.74, 6) is -1.90. The van der Waals surface area contributed by atoms with Gasteiger partial charge in [0.05, 0.1) is 5.92 Å². The minimum absolute atomic E-state index is 0.509. The number of hydrogen-bond donors (Lipinski definition) is 2. The number of aliphatic hydroxyl groups is 1. The highest BCUT2D eigenvalue weighted by Crippen LogP contribution is 2.28. The quantitative estimate of drug-likeness (QED) is 0.755. The van der Waals surface area contributed by atoms with Crippen LogP contribution in [0.15, 0.2) is 24.5 Å². The van der Waals surface area contributed by atoms with Crippen LogP contribution < -0.4 is 0 Å². The van der Waals surface area contributed by atoms with E-state index >= 15 is 0 Å². The average Bonchev–Trinajstić information content (AvgIpc) is 2.18. The Balaban J connectivity index is 3.02. The molecule has 1 aromatic heterocycles. The third kappa shape index (κ3) is 1.90. The summed E-state index contributed by atoms with van der Waals surface area (Å²) >= 11 is 0. The summed E-state index contributed by atoms with van der Waals surface area (Å²) in [6.07, 6.45) is 3.05. The van der Waals surface area contributed by atoms with Crippen molar-refractivity contribution < 1.29 is 15.0 Å². The van der Waals surface area contributed by atoms with Gasteiger partial charge in [-0.25, -0.2) is 0 Å². The molecule has 0 amide bonds. The number of aliphatic carboxylic acids is 1. The lowest BCUT2D eigenvalue weighted by Gasteiger charge is -2.27. The molecule has 1 rings (SSSR count). The van der Waals surface area contributed by atoms with E-state index in [1.54, 1.807) is 18.3 Å². The van der Waals surface area contributed by atoms with Crippen LogP contribution in [-0.4, -0.2) is 21.2 Å². The van der Waals surface area contributed by atoms with Crippen molar-refractivity contribution in [1.29, 1.82) is 0 Å². The molecule has 14 heavy (non-hydrogen) atoms. The van der Waals surface area contributed by atoms with Crippen molar-refractivity contribution >= 4 is 5.97 Å². The molecule has 2 atom stereocenters. The van der Waals surface area contributed by atoms with Crippen LogP contribution >= 0.6 is 0 Å². The van der Waals surface area contributed by atoms with Gasteiger partial charge in [-0.3, -0.25) is 9.78 Å². The van der Waals surface area contributed by atoms with E-state index in [1.807, 2.05) is 0 Å². The van der Waals surface area contributed by atoms with Crippen LogP contribution in [-0.2, 0) is 10.4 Å². The van der Waals surface area contributed by atoms with Crippen LogP contribution in [0.4, 0.5) is 0 Å². The lowest BCUT2D eigenvalue weighted by molar-refractivity contribution is -0.150. The van der Waals surface area contributed by atoms with Gasteiger partial charge >= 0.3 is 5.97 Å². The molecule has 2 unspecified atom stereocenters. The van der Waals surface area contributed by atoms with E-state index in [0.29, 0.717) is 5.56 Å². The molecule has 4 heteroatoms. The van der Waals surface area contributed by atoms with Crippen molar-refractivity contribution in [3.63, 3.8) is 0 Å². The van der Waals surface area contributed by atoms with Gasteiger partial charge in [0.1, 0.15) is 5.60 Å². The number of rotatable bonds is 3. The number of carbonyl (C=O) groups is 1. The topological polar surface area (TPSA) is 70.4 Å². The van der Waals surface area contributed by atoms with Gasteiger partial charge in [-0.2, -0.15) is 0 Å². The van der Waals surface area contributed by atoms with Crippen molar-refractivity contribution in [1.82, 2.24) is 4.98 Å². The lowest BCUT2D eigenvalue weighted by atomic mass is 9.85. The first-order valence-corrected chi connectivity index (χ1v) is 4.32. The summed E-state index contributed by atoms with van der Waals surface area (Å²) in [5.41, 5.74) is -0.880. The van der Waals surface area contributed by atoms with Crippen molar-refractivity contribution in [2.75, 3.05) is 0 Å². The van der Waals surface area contributed by atoms with Crippen LogP contribution in [0, 0.1) is 5.92 Å². The van der Waals surface area contributed by atoms with Crippen LogP contribution in [0.1, 0.15) is 19.4 Å².